The molecule has 4 fully saturated rings. The molecule has 308 valence electrons. The molecule has 0 aliphatic carbocycles. The van der Waals surface area contributed by atoms with Gasteiger partial charge in [0.15, 0.2) is 24.6 Å². The highest BCUT2D eigenvalue weighted by Crippen LogP contribution is 2.36. The number of amides is 2. The van der Waals surface area contributed by atoms with Gasteiger partial charge >= 0.3 is 0 Å². The van der Waals surface area contributed by atoms with Gasteiger partial charge in [0.05, 0.1) is 25.7 Å². The Labute approximate surface area is 332 Å². The van der Waals surface area contributed by atoms with E-state index in [9.17, 15) is 50.1 Å². The molecule has 17 nitrogen and oxygen atoms in total. The van der Waals surface area contributed by atoms with Crippen molar-refractivity contribution >= 4 is 40.8 Å². The van der Waals surface area contributed by atoms with Crippen molar-refractivity contribution in [1.29, 1.82) is 0 Å². The first-order valence-electron chi connectivity index (χ1n) is 17.4. The van der Waals surface area contributed by atoms with E-state index in [2.05, 4.69) is 0 Å². The van der Waals surface area contributed by atoms with Crippen molar-refractivity contribution in [2.24, 2.45) is 5.73 Å². The number of aliphatic hydroxyl groups excluding tert-OH is 7. The number of hydrogen-bond acceptors (Lipinski definition) is 15. The molecule has 0 saturated carbocycles. The minimum atomic E-state index is -1.84. The van der Waals surface area contributed by atoms with Crippen molar-refractivity contribution in [1.82, 2.24) is 4.90 Å². The Morgan fingerprint density at radius 1 is 0.857 bits per heavy atom. The zero-order chi connectivity index (χ0) is 41.3. The molecule has 56 heavy (non-hydrogen) atoms. The number of hydrogen-bond donors (Lipinski definition) is 8. The van der Waals surface area contributed by atoms with Crippen LogP contribution in [0.1, 0.15) is 20.3 Å². The molecule has 2 amide bonds. The predicted molar refractivity (Wildman–Crippen MR) is 198 cm³/mol. The molecule has 4 rings (SSSR count). The van der Waals surface area contributed by atoms with E-state index < -0.39 is 128 Å². The Balaban J connectivity index is 1.51. The zero-order valence-corrected chi connectivity index (χ0v) is 31.7. The molecule has 0 aromatic carbocycles. The van der Waals surface area contributed by atoms with Crippen molar-refractivity contribution in [2.75, 3.05) is 13.2 Å². The highest BCUT2D eigenvalue weighted by atomic mass is 35.5. The largest absolute Gasteiger partial charge is 0.507 e. The van der Waals surface area contributed by atoms with E-state index in [1.807, 2.05) is 0 Å². The van der Waals surface area contributed by atoms with Crippen LogP contribution in [0.2, 0.25) is 0 Å². The Hall–Kier alpha value is -3.53. The summed E-state index contributed by atoms with van der Waals surface area (Å²) in [6.07, 6.45) is -0.0132. The SMILES string of the molecule is C/C(Cl)=C/C=C/C(Cl)=C/C=C/C=C/C=C/C=C/C(O)=C1\C(=O)[C@H](CC(N)=O)N(C2OCC(O)C(O)C2O[C@@H]2O[C@H](CO)[C@@H](O[C@@H]3O[C@H](C)[C@@H](O)[C@@H]3O)[C@@H]2O)C1=O. The Bertz CT molecular complexity index is 1670. The fourth-order valence-corrected chi connectivity index (χ4v) is 6.35. The van der Waals surface area contributed by atoms with Gasteiger partial charge in [0.25, 0.3) is 5.91 Å². The van der Waals surface area contributed by atoms with Crippen LogP contribution in [0.25, 0.3) is 0 Å². The van der Waals surface area contributed by atoms with Gasteiger partial charge in [-0.15, -0.1) is 0 Å². The quantitative estimate of drug-likeness (QED) is 0.0464. The van der Waals surface area contributed by atoms with Gasteiger partial charge < -0.3 is 65.2 Å². The van der Waals surface area contributed by atoms with E-state index in [0.717, 1.165) is 11.0 Å². The number of ether oxygens (including phenoxy) is 5. The van der Waals surface area contributed by atoms with Crippen molar-refractivity contribution in [3.63, 3.8) is 0 Å². The average Bonchev–Trinajstić information content (AvgIpc) is 3.67. The van der Waals surface area contributed by atoms with E-state index in [-0.39, 0.29) is 0 Å². The van der Waals surface area contributed by atoms with Crippen LogP contribution < -0.4 is 5.73 Å². The first kappa shape index (κ1) is 45.2. The fourth-order valence-electron chi connectivity index (χ4n) is 6.14. The van der Waals surface area contributed by atoms with Crippen LogP contribution in [0.3, 0.4) is 0 Å². The van der Waals surface area contributed by atoms with Crippen LogP contribution in [-0.4, -0.2) is 151 Å². The summed E-state index contributed by atoms with van der Waals surface area (Å²) in [5.41, 5.74) is 4.68. The lowest BCUT2D eigenvalue weighted by Gasteiger charge is -2.44. The van der Waals surface area contributed by atoms with Crippen LogP contribution >= 0.6 is 23.2 Å². The van der Waals surface area contributed by atoms with Gasteiger partial charge in [0, 0.05) is 10.1 Å². The number of primary amides is 1. The number of halogens is 2. The number of Topliss-reactive ketones (excluding diaryl/α,β-unsaturated/α-hetero) is 1. The summed E-state index contributed by atoms with van der Waals surface area (Å²) in [6, 6.07) is -1.64. The first-order valence-corrected chi connectivity index (χ1v) is 18.2. The molecular weight excluding hydrogens is 783 g/mol. The smallest absolute Gasteiger partial charge is 0.264 e. The molecule has 13 atom stereocenters. The maximum absolute atomic E-state index is 13.8. The van der Waals surface area contributed by atoms with Crippen LogP contribution in [0.4, 0.5) is 0 Å². The number of ketones is 1. The minimum Gasteiger partial charge on any atom is -0.507 e. The van der Waals surface area contributed by atoms with Gasteiger partial charge in [-0.2, -0.15) is 0 Å². The molecule has 9 N–H and O–H groups in total. The predicted octanol–water partition coefficient (Wildman–Crippen LogP) is -0.107. The van der Waals surface area contributed by atoms with Crippen molar-refractivity contribution in [3.8, 4) is 0 Å². The van der Waals surface area contributed by atoms with Crippen LogP contribution in [0.5, 0.6) is 0 Å². The number of allylic oxidation sites excluding steroid dienone is 14. The number of rotatable bonds is 15. The van der Waals surface area contributed by atoms with E-state index in [1.54, 1.807) is 61.6 Å². The molecule has 0 bridgehead atoms. The van der Waals surface area contributed by atoms with Crippen molar-refractivity contribution in [3.05, 3.63) is 94.3 Å². The molecule has 4 aliphatic rings. The topological polar surface area (TPSA) is 268 Å². The van der Waals surface area contributed by atoms with Gasteiger partial charge in [-0.05, 0) is 38.2 Å². The summed E-state index contributed by atoms with van der Waals surface area (Å²) in [4.78, 5) is 40.3. The maximum atomic E-state index is 13.8. The molecule has 4 heterocycles. The standard InChI is InChI=1S/C37H46Cl2N2O15/c1-18(38)11-10-13-20(39)12-8-6-4-3-5-7-9-14-22(43)26-28(47)21(15-25(40)45)41(34(26)51)35-33(29(48)23(44)17-52-35)56-37-31(50)32(24(16-42)54-37)55-36-30(49)27(46)19(2)53-36/h3-14,19,21,23-24,27,29-33,35-37,42-44,46,48-50H,15-17H2,1-2H3,(H2,40,45)/b4-3+,7-5+,8-6+,13-10+,14-9+,18-11-,20-12-,26-22-/t19-,21+,23?,24-,27-,29?,30+,31+,32-,33?,35?,36+,37+/m1/s1. The number of nitrogens with two attached hydrogens (primary N) is 1. The summed E-state index contributed by atoms with van der Waals surface area (Å²) < 4.78 is 28.2. The lowest BCUT2D eigenvalue weighted by atomic mass is 10.0. The summed E-state index contributed by atoms with van der Waals surface area (Å²) in [7, 11) is 0. The third-order valence-corrected chi connectivity index (χ3v) is 9.35. The van der Waals surface area contributed by atoms with Crippen LogP contribution in [0.15, 0.2) is 94.3 Å². The summed E-state index contributed by atoms with van der Waals surface area (Å²) in [5.74, 6) is -3.89. The Morgan fingerprint density at radius 2 is 1.48 bits per heavy atom. The van der Waals surface area contributed by atoms with Gasteiger partial charge in [0.1, 0.15) is 66.2 Å². The average molecular weight is 830 g/mol. The number of carbonyl (C=O) groups excluding carboxylic acids is 3. The summed E-state index contributed by atoms with van der Waals surface area (Å²) >= 11 is 11.8. The molecule has 0 aromatic rings. The van der Waals surface area contributed by atoms with Gasteiger partial charge in [-0.25, -0.2) is 0 Å². The molecule has 0 spiro atoms. The molecule has 4 unspecified atom stereocenters. The monoisotopic (exact) mass is 828 g/mol. The molecule has 0 radical (unpaired) electrons. The van der Waals surface area contributed by atoms with E-state index in [1.165, 1.54) is 19.1 Å². The molecular formula is C37H46Cl2N2O15. The minimum absolute atomic E-state index is 0.469. The number of aliphatic hydroxyl groups is 7. The third-order valence-electron chi connectivity index (χ3n) is 8.98. The zero-order valence-electron chi connectivity index (χ0n) is 30.2. The second-order valence-corrected chi connectivity index (χ2v) is 14.1. The number of carbonyl (C=O) groups is 3. The van der Waals surface area contributed by atoms with Gasteiger partial charge in [-0.1, -0.05) is 71.8 Å². The molecule has 4 aliphatic heterocycles. The second kappa shape index (κ2) is 20.8. The number of likely N-dealkylation sites (tertiary alicyclic amines) is 1. The lowest BCUT2D eigenvalue weighted by Crippen LogP contribution is -2.63. The van der Waals surface area contributed by atoms with Crippen molar-refractivity contribution < 1.29 is 73.8 Å². The maximum Gasteiger partial charge on any atom is 0.264 e. The molecule has 4 saturated heterocycles. The molecule has 19 heteroatoms. The lowest BCUT2D eigenvalue weighted by molar-refractivity contribution is -0.290. The van der Waals surface area contributed by atoms with Crippen LogP contribution in [0, 0.1) is 0 Å². The van der Waals surface area contributed by atoms with E-state index in [0.29, 0.717) is 10.1 Å². The first-order chi connectivity index (χ1) is 26.6. The highest BCUT2D eigenvalue weighted by molar-refractivity contribution is 6.31. The van der Waals surface area contributed by atoms with E-state index in [4.69, 9.17) is 52.6 Å². The Kier molecular flexibility index (Phi) is 16.7. The Morgan fingerprint density at radius 3 is 2.09 bits per heavy atom. The van der Waals surface area contributed by atoms with E-state index >= 15 is 0 Å². The highest BCUT2D eigenvalue weighted by Gasteiger charge is 2.57. The normalized spacial score (nSPS) is 37.2. The summed E-state index contributed by atoms with van der Waals surface area (Å²) in [5, 5.41) is 74.9. The van der Waals surface area contributed by atoms with Gasteiger partial charge in [0.2, 0.25) is 5.91 Å². The third kappa shape index (κ3) is 11.1. The second-order valence-electron chi connectivity index (χ2n) is 13.1. The molecule has 0 aromatic heterocycles. The number of nitrogens with zero attached hydrogens (tertiary/aromatic N) is 1. The van der Waals surface area contributed by atoms with Crippen LogP contribution in [-0.2, 0) is 38.1 Å². The van der Waals surface area contributed by atoms with Gasteiger partial charge in [-0.3, -0.25) is 19.3 Å². The fraction of sp³-hybridized carbons (Fsp3) is 0.486. The summed E-state index contributed by atoms with van der Waals surface area (Å²) in [6.45, 7) is 1.90. The van der Waals surface area contributed by atoms with Crippen molar-refractivity contribution in [2.45, 2.75) is 100 Å².